The zero-order valence-electron chi connectivity index (χ0n) is 14.9. The Morgan fingerprint density at radius 3 is 2.65 bits per heavy atom. The van der Waals surface area contributed by atoms with Gasteiger partial charge in [-0.05, 0) is 48.7 Å². The van der Waals surface area contributed by atoms with Crippen LogP contribution >= 0.6 is 0 Å². The predicted octanol–water partition coefficient (Wildman–Crippen LogP) is 4.69. The van der Waals surface area contributed by atoms with Crippen LogP contribution in [0, 0.1) is 11.8 Å². The first-order valence-electron chi connectivity index (χ1n) is 8.62. The maximum absolute atomic E-state index is 12.6. The van der Waals surface area contributed by atoms with Crippen LogP contribution in [-0.2, 0) is 12.8 Å². The Bertz CT molecular complexity index is 924. The van der Waals surface area contributed by atoms with Crippen molar-refractivity contribution in [1.29, 1.82) is 0 Å². The number of benzene rings is 2. The number of pyridine rings is 1. The van der Waals surface area contributed by atoms with Gasteiger partial charge in [-0.15, -0.1) is 5.43 Å². The highest BCUT2D eigenvalue weighted by Crippen LogP contribution is 2.26. The zero-order chi connectivity index (χ0) is 18.5. The Balaban J connectivity index is 1.83. The van der Waals surface area contributed by atoms with Crippen molar-refractivity contribution in [3.05, 3.63) is 88.1 Å². The fraction of sp³-hybridized carbons (Fsp3) is 0.190. The molecule has 3 rings (SSSR count). The summed E-state index contributed by atoms with van der Waals surface area (Å²) in [6, 6.07) is 16.3. The molecule has 0 radical (unpaired) electrons. The molecule has 3 aromatic rings. The molecular weight excluding hydrogens is 326 g/mol. The minimum atomic E-state index is 0.150. The average Bonchev–Trinajstić information content (AvgIpc) is 2.66. The molecule has 0 unspecified atom stereocenters. The molecule has 0 fully saturated rings. The van der Waals surface area contributed by atoms with Gasteiger partial charge < -0.3 is 5.11 Å². The first-order chi connectivity index (χ1) is 12.6. The quantitative estimate of drug-likeness (QED) is 0.501. The van der Waals surface area contributed by atoms with Crippen molar-refractivity contribution in [3.8, 4) is 5.75 Å². The number of nitroso groups, excluding NO2 is 1. The molecule has 0 aliphatic heterocycles. The number of aromatic nitrogens is 1. The molecule has 132 valence electrons. The molecular formula is C21H22N3O2+. The molecule has 0 aliphatic rings. The summed E-state index contributed by atoms with van der Waals surface area (Å²) >= 11 is 0. The minimum absolute atomic E-state index is 0.150. The fourth-order valence-electron chi connectivity index (χ4n) is 2.90. The van der Waals surface area contributed by atoms with Crippen LogP contribution in [0.2, 0.25) is 0 Å². The van der Waals surface area contributed by atoms with E-state index in [1.165, 1.54) is 11.6 Å². The first-order valence-corrected chi connectivity index (χ1v) is 8.62. The molecule has 1 heterocycles. The van der Waals surface area contributed by atoms with Crippen molar-refractivity contribution in [2.75, 3.05) is 5.43 Å². The summed E-state index contributed by atoms with van der Waals surface area (Å²) in [6.07, 6.45) is 3.08. The Labute approximate surface area is 152 Å². The van der Waals surface area contributed by atoms with E-state index in [9.17, 15) is 10.0 Å². The maximum Gasteiger partial charge on any atom is 0.292 e. The number of aromatic hydroxyl groups is 1. The van der Waals surface area contributed by atoms with Gasteiger partial charge in [0.1, 0.15) is 11.4 Å². The van der Waals surface area contributed by atoms with Crippen LogP contribution in [0.25, 0.3) is 0 Å². The second-order valence-corrected chi connectivity index (χ2v) is 6.16. The third-order valence-corrected chi connectivity index (χ3v) is 4.44. The van der Waals surface area contributed by atoms with Crippen molar-refractivity contribution in [2.24, 2.45) is 0 Å². The molecule has 0 saturated heterocycles. The Morgan fingerprint density at radius 2 is 1.92 bits per heavy atom. The molecule has 0 spiro atoms. The van der Waals surface area contributed by atoms with Crippen LogP contribution in [0.1, 0.15) is 29.3 Å². The maximum atomic E-state index is 12.6. The number of rotatable bonds is 6. The van der Waals surface area contributed by atoms with E-state index < -0.39 is 0 Å². The summed E-state index contributed by atoms with van der Waals surface area (Å²) in [5.41, 5.74) is 7.84. The van der Waals surface area contributed by atoms with Gasteiger partial charge in [0.15, 0.2) is 4.87 Å². The van der Waals surface area contributed by atoms with E-state index in [-0.39, 0.29) is 5.75 Å². The molecule has 1 aromatic heterocycles. The largest absolute Gasteiger partial charge is 0.508 e. The van der Waals surface area contributed by atoms with Gasteiger partial charge in [-0.1, -0.05) is 25.1 Å². The van der Waals surface area contributed by atoms with Crippen LogP contribution in [0.4, 0.5) is 11.4 Å². The second-order valence-electron chi connectivity index (χ2n) is 6.16. The van der Waals surface area contributed by atoms with Crippen LogP contribution in [0.5, 0.6) is 5.75 Å². The van der Waals surface area contributed by atoms with Gasteiger partial charge in [0.05, 0.1) is 4.91 Å². The van der Waals surface area contributed by atoms with E-state index in [0.717, 1.165) is 28.2 Å². The molecule has 5 nitrogen and oxygen atoms in total. The van der Waals surface area contributed by atoms with Crippen LogP contribution in [0.3, 0.4) is 0 Å². The minimum Gasteiger partial charge on any atom is -0.508 e. The van der Waals surface area contributed by atoms with Crippen molar-refractivity contribution in [1.82, 2.24) is 4.98 Å². The molecule has 0 atom stereocenters. The van der Waals surface area contributed by atoms with E-state index in [0.29, 0.717) is 17.7 Å². The Hall–Kier alpha value is -3.21. The molecule has 0 aliphatic carbocycles. The van der Waals surface area contributed by atoms with E-state index in [1.54, 1.807) is 18.3 Å². The summed E-state index contributed by atoms with van der Waals surface area (Å²) in [4.78, 5) is 17.6. The normalized spacial score (nSPS) is 10.5. The lowest BCUT2D eigenvalue weighted by molar-refractivity contribution is -0.427. The topological polar surface area (TPSA) is 65.2 Å². The van der Waals surface area contributed by atoms with Crippen molar-refractivity contribution >= 4 is 11.4 Å². The van der Waals surface area contributed by atoms with E-state index >= 15 is 0 Å². The van der Waals surface area contributed by atoms with Crippen LogP contribution < -0.4 is 5.43 Å². The third-order valence-electron chi connectivity index (χ3n) is 4.44. The van der Waals surface area contributed by atoms with Gasteiger partial charge in [-0.25, -0.2) is 0 Å². The van der Waals surface area contributed by atoms with E-state index in [2.05, 4.69) is 23.4 Å². The third kappa shape index (κ3) is 3.88. The lowest BCUT2D eigenvalue weighted by Gasteiger charge is -2.08. The number of hydrogen-bond acceptors (Lipinski definition) is 3. The molecule has 0 bridgehead atoms. The number of nitrogens with zero attached hydrogens (tertiary/aromatic N) is 2. The average molecular weight is 348 g/mol. The highest BCUT2D eigenvalue weighted by Gasteiger charge is 2.18. The lowest BCUT2D eigenvalue weighted by atomic mass is 10.1. The number of aryl methyl sites for hydroxylation is 1. The van der Waals surface area contributed by atoms with Crippen molar-refractivity contribution < 1.29 is 9.98 Å². The number of phenolic OH excluding ortho intramolecular Hbond substituents is 1. The predicted molar refractivity (Wildman–Crippen MR) is 103 cm³/mol. The Kier molecular flexibility index (Phi) is 5.27. The molecule has 26 heavy (non-hydrogen) atoms. The van der Waals surface area contributed by atoms with Crippen LogP contribution in [-0.4, -0.2) is 15.0 Å². The number of anilines is 1. The highest BCUT2D eigenvalue weighted by atomic mass is 16.3. The summed E-state index contributed by atoms with van der Waals surface area (Å²) in [5, 5.41) is 10.1. The van der Waals surface area contributed by atoms with E-state index in [4.69, 9.17) is 0 Å². The van der Waals surface area contributed by atoms with Gasteiger partial charge in [0.2, 0.25) is 0 Å². The van der Waals surface area contributed by atoms with Gasteiger partial charge in [-0.2, -0.15) is 0 Å². The molecule has 0 amide bonds. The smallest absolute Gasteiger partial charge is 0.292 e. The van der Waals surface area contributed by atoms with Gasteiger partial charge in [0, 0.05) is 36.0 Å². The molecule has 0 saturated carbocycles. The zero-order valence-corrected chi connectivity index (χ0v) is 14.9. The van der Waals surface area contributed by atoms with Crippen LogP contribution in [0.15, 0.2) is 60.8 Å². The monoisotopic (exact) mass is 348 g/mol. The fourth-order valence-corrected chi connectivity index (χ4v) is 2.90. The van der Waals surface area contributed by atoms with Crippen molar-refractivity contribution in [2.45, 2.75) is 26.7 Å². The van der Waals surface area contributed by atoms with Gasteiger partial charge >= 0.3 is 0 Å². The second kappa shape index (κ2) is 7.78. The number of phenols is 1. The Morgan fingerprint density at radius 1 is 1.08 bits per heavy atom. The molecule has 2 aromatic carbocycles. The standard InChI is InChI=1S/C21H21N3O2/c1-3-16-7-6-9-20(15(16)2)23-24(26)19-10-11-21(25)17(14-19)13-18-8-4-5-12-22-18/h4-12,14H,3,13H2,1-2H3,(H-,23,25,26)/p+1. The van der Waals surface area contributed by atoms with Crippen molar-refractivity contribution in [3.63, 3.8) is 0 Å². The number of nitrogens with one attached hydrogen (secondary N) is 1. The molecule has 2 N–H and O–H groups in total. The number of hydrogen-bond donors (Lipinski definition) is 2. The SMILES string of the molecule is CCc1cccc(N[N+](=O)c2ccc(O)c(Cc3ccccn3)c2)c1C. The summed E-state index contributed by atoms with van der Waals surface area (Å²) in [5.74, 6) is 0.150. The highest BCUT2D eigenvalue weighted by molar-refractivity contribution is 5.53. The van der Waals surface area contributed by atoms with E-state index in [1.807, 2.05) is 37.3 Å². The summed E-state index contributed by atoms with van der Waals surface area (Å²) < 4.78 is 0. The molecule has 5 heteroatoms. The van der Waals surface area contributed by atoms with Gasteiger partial charge in [-0.3, -0.25) is 4.98 Å². The van der Waals surface area contributed by atoms with Gasteiger partial charge in [0.25, 0.3) is 5.69 Å². The summed E-state index contributed by atoms with van der Waals surface area (Å²) in [7, 11) is 0. The number of hydrazine groups is 1. The lowest BCUT2D eigenvalue weighted by Crippen LogP contribution is -2.12. The first kappa shape index (κ1) is 17.6. The summed E-state index contributed by atoms with van der Waals surface area (Å²) in [6.45, 7) is 4.09.